The van der Waals surface area contributed by atoms with Gasteiger partial charge in [0.25, 0.3) is 0 Å². The molecule has 0 amide bonds. The van der Waals surface area contributed by atoms with Crippen LogP contribution in [0.15, 0.2) is 23.1 Å². The SMILES string of the molecule is NCC1CCN(S(=O)(=O)c2ccc(Cl)cc2Cl)CC1. The second kappa shape index (κ2) is 5.97. The minimum Gasteiger partial charge on any atom is -0.330 e. The van der Waals surface area contributed by atoms with Crippen LogP contribution in [0.25, 0.3) is 0 Å². The first-order chi connectivity index (χ1) is 8.95. The fourth-order valence-electron chi connectivity index (χ4n) is 2.21. The van der Waals surface area contributed by atoms with Gasteiger partial charge in [0, 0.05) is 18.1 Å². The molecule has 0 aliphatic carbocycles. The van der Waals surface area contributed by atoms with E-state index >= 15 is 0 Å². The van der Waals surface area contributed by atoms with Gasteiger partial charge in [-0.2, -0.15) is 4.31 Å². The third kappa shape index (κ3) is 3.23. The lowest BCUT2D eigenvalue weighted by molar-refractivity contribution is 0.278. The van der Waals surface area contributed by atoms with E-state index in [-0.39, 0.29) is 9.92 Å². The Morgan fingerprint density at radius 2 is 1.89 bits per heavy atom. The number of hydrogen-bond acceptors (Lipinski definition) is 3. The largest absolute Gasteiger partial charge is 0.330 e. The minimum absolute atomic E-state index is 0.116. The molecule has 1 aliphatic heterocycles. The molecule has 1 saturated heterocycles. The predicted molar refractivity (Wildman–Crippen MR) is 77.0 cm³/mol. The summed E-state index contributed by atoms with van der Waals surface area (Å²) in [6, 6.07) is 4.44. The van der Waals surface area contributed by atoms with Crippen LogP contribution < -0.4 is 5.73 Å². The van der Waals surface area contributed by atoms with E-state index in [0.717, 1.165) is 12.8 Å². The van der Waals surface area contributed by atoms with Crippen molar-refractivity contribution in [3.05, 3.63) is 28.2 Å². The van der Waals surface area contributed by atoms with Crippen molar-refractivity contribution in [1.82, 2.24) is 4.31 Å². The number of piperidine rings is 1. The molecule has 0 spiro atoms. The first-order valence-electron chi connectivity index (χ1n) is 6.10. The molecular weight excluding hydrogens is 307 g/mol. The number of rotatable bonds is 3. The highest BCUT2D eigenvalue weighted by Crippen LogP contribution is 2.29. The van der Waals surface area contributed by atoms with Crippen molar-refractivity contribution >= 4 is 33.2 Å². The average Bonchev–Trinajstić information content (AvgIpc) is 2.38. The zero-order valence-corrected chi connectivity index (χ0v) is 12.7. The van der Waals surface area contributed by atoms with Gasteiger partial charge < -0.3 is 5.73 Å². The summed E-state index contributed by atoms with van der Waals surface area (Å²) >= 11 is 11.8. The van der Waals surface area contributed by atoms with Crippen molar-refractivity contribution in [1.29, 1.82) is 0 Å². The molecule has 0 radical (unpaired) electrons. The van der Waals surface area contributed by atoms with E-state index in [2.05, 4.69) is 0 Å². The van der Waals surface area contributed by atoms with Crippen LogP contribution in [0.5, 0.6) is 0 Å². The summed E-state index contributed by atoms with van der Waals surface area (Å²) in [5.41, 5.74) is 5.61. The van der Waals surface area contributed by atoms with Gasteiger partial charge in [0.05, 0.1) is 5.02 Å². The summed E-state index contributed by atoms with van der Waals surface area (Å²) in [7, 11) is -3.54. The molecule has 7 heteroatoms. The van der Waals surface area contributed by atoms with Gasteiger partial charge in [-0.25, -0.2) is 8.42 Å². The molecule has 1 aliphatic rings. The van der Waals surface area contributed by atoms with Crippen LogP contribution in [0.3, 0.4) is 0 Å². The van der Waals surface area contributed by atoms with E-state index in [4.69, 9.17) is 28.9 Å². The molecule has 106 valence electrons. The van der Waals surface area contributed by atoms with Crippen molar-refractivity contribution in [3.8, 4) is 0 Å². The number of sulfonamides is 1. The van der Waals surface area contributed by atoms with E-state index in [1.165, 1.54) is 22.5 Å². The summed E-state index contributed by atoms with van der Waals surface area (Å²) < 4.78 is 26.4. The fourth-order valence-corrected chi connectivity index (χ4v) is 4.42. The maximum atomic E-state index is 12.5. The molecule has 19 heavy (non-hydrogen) atoms. The molecule has 1 heterocycles. The fraction of sp³-hybridized carbons (Fsp3) is 0.500. The summed E-state index contributed by atoms with van der Waals surface area (Å²) in [5.74, 6) is 0.409. The molecule has 0 saturated carbocycles. The Balaban J connectivity index is 2.23. The van der Waals surface area contributed by atoms with Crippen LogP contribution in [0, 0.1) is 5.92 Å². The lowest BCUT2D eigenvalue weighted by atomic mass is 9.99. The summed E-state index contributed by atoms with van der Waals surface area (Å²) in [6.45, 7) is 1.59. The van der Waals surface area contributed by atoms with Crippen molar-refractivity contribution in [2.24, 2.45) is 11.7 Å². The lowest BCUT2D eigenvalue weighted by Gasteiger charge is -2.30. The standard InChI is InChI=1S/C12H16Cl2N2O2S/c13-10-1-2-12(11(14)7-10)19(17,18)16-5-3-9(8-15)4-6-16/h1-2,7,9H,3-6,8,15H2. The second-order valence-electron chi connectivity index (χ2n) is 4.66. The molecule has 0 unspecified atom stereocenters. The molecule has 0 aromatic heterocycles. The Bertz CT molecular complexity index is 555. The van der Waals surface area contributed by atoms with Gasteiger partial charge >= 0.3 is 0 Å². The lowest BCUT2D eigenvalue weighted by Crippen LogP contribution is -2.40. The third-order valence-electron chi connectivity index (χ3n) is 3.42. The van der Waals surface area contributed by atoms with Crippen molar-refractivity contribution in [2.75, 3.05) is 19.6 Å². The highest BCUT2D eigenvalue weighted by molar-refractivity contribution is 7.89. The molecule has 1 aromatic carbocycles. The molecular formula is C12H16Cl2N2O2S. The quantitative estimate of drug-likeness (QED) is 0.929. The van der Waals surface area contributed by atoms with E-state index < -0.39 is 10.0 Å². The Morgan fingerprint density at radius 3 is 2.42 bits per heavy atom. The zero-order chi connectivity index (χ0) is 14.0. The number of nitrogens with zero attached hydrogens (tertiary/aromatic N) is 1. The summed E-state index contributed by atoms with van der Waals surface area (Å²) in [6.07, 6.45) is 1.59. The minimum atomic E-state index is -3.54. The number of benzene rings is 1. The van der Waals surface area contributed by atoms with Crippen molar-refractivity contribution in [3.63, 3.8) is 0 Å². The first kappa shape index (κ1) is 15.1. The Morgan fingerprint density at radius 1 is 1.26 bits per heavy atom. The highest BCUT2D eigenvalue weighted by atomic mass is 35.5. The van der Waals surface area contributed by atoms with Crippen molar-refractivity contribution < 1.29 is 8.42 Å². The number of nitrogens with two attached hydrogens (primary N) is 1. The van der Waals surface area contributed by atoms with E-state index in [9.17, 15) is 8.42 Å². The van der Waals surface area contributed by atoms with Gasteiger partial charge in [0.1, 0.15) is 4.90 Å². The van der Waals surface area contributed by atoms with Gasteiger partial charge in [0.2, 0.25) is 10.0 Å². The molecule has 2 N–H and O–H groups in total. The highest BCUT2D eigenvalue weighted by Gasteiger charge is 2.30. The van der Waals surface area contributed by atoms with Gasteiger partial charge in [-0.3, -0.25) is 0 Å². The van der Waals surface area contributed by atoms with E-state index in [1.54, 1.807) is 0 Å². The molecule has 1 aromatic rings. The maximum absolute atomic E-state index is 12.5. The normalized spacial score (nSPS) is 18.7. The Labute approximate surface area is 123 Å². The van der Waals surface area contributed by atoms with E-state index in [1.807, 2.05) is 0 Å². The second-order valence-corrected chi connectivity index (χ2v) is 7.41. The number of hydrogen-bond donors (Lipinski definition) is 1. The van der Waals surface area contributed by atoms with Crippen LogP contribution in [0.2, 0.25) is 10.0 Å². The average molecular weight is 323 g/mol. The van der Waals surface area contributed by atoms with Crippen LogP contribution >= 0.6 is 23.2 Å². The molecule has 4 nitrogen and oxygen atoms in total. The Kier molecular flexibility index (Phi) is 4.74. The van der Waals surface area contributed by atoms with Gasteiger partial charge in [-0.05, 0) is 43.5 Å². The van der Waals surface area contributed by atoms with Gasteiger partial charge in [-0.1, -0.05) is 23.2 Å². The van der Waals surface area contributed by atoms with Crippen LogP contribution in [-0.4, -0.2) is 32.4 Å². The molecule has 1 fully saturated rings. The first-order valence-corrected chi connectivity index (χ1v) is 8.30. The Hall–Kier alpha value is -0.330. The molecule has 0 bridgehead atoms. The molecule has 0 atom stereocenters. The van der Waals surface area contributed by atoms with Crippen molar-refractivity contribution in [2.45, 2.75) is 17.7 Å². The van der Waals surface area contributed by atoms with E-state index in [0.29, 0.717) is 30.6 Å². The van der Waals surface area contributed by atoms with Crippen LogP contribution in [-0.2, 0) is 10.0 Å². The number of halogens is 2. The smallest absolute Gasteiger partial charge is 0.244 e. The van der Waals surface area contributed by atoms with Crippen LogP contribution in [0.4, 0.5) is 0 Å². The maximum Gasteiger partial charge on any atom is 0.244 e. The molecule has 2 rings (SSSR count). The monoisotopic (exact) mass is 322 g/mol. The summed E-state index contributed by atoms with van der Waals surface area (Å²) in [4.78, 5) is 0.116. The van der Waals surface area contributed by atoms with Gasteiger partial charge in [-0.15, -0.1) is 0 Å². The third-order valence-corrected chi connectivity index (χ3v) is 6.04. The zero-order valence-electron chi connectivity index (χ0n) is 10.4. The van der Waals surface area contributed by atoms with Crippen LogP contribution in [0.1, 0.15) is 12.8 Å². The van der Waals surface area contributed by atoms with Gasteiger partial charge in [0.15, 0.2) is 0 Å². The summed E-state index contributed by atoms with van der Waals surface area (Å²) in [5, 5.41) is 0.583. The predicted octanol–water partition coefficient (Wildman–Crippen LogP) is 2.35. The topological polar surface area (TPSA) is 63.4 Å².